The second-order valence-electron chi connectivity index (χ2n) is 6.99. The first-order valence-electron chi connectivity index (χ1n) is 8.91. The maximum atomic E-state index is 12.5. The molecule has 1 aromatic rings. The molecule has 1 aromatic carbocycles. The standard InChI is InChI=1S/C19H26N2O3/c1-13(2)24-17-9-5-4-8-16(17)20-18(22)14-12-15(14)19(23)21-10-6-3-7-11-21/h4-5,8-9,13-15H,3,6-7,10-12H2,1-2H3,(H,20,22). The van der Waals surface area contributed by atoms with Gasteiger partial charge < -0.3 is 15.0 Å². The first-order chi connectivity index (χ1) is 11.6. The molecule has 2 atom stereocenters. The molecular formula is C19H26N2O3. The van der Waals surface area contributed by atoms with Gasteiger partial charge in [0.15, 0.2) is 0 Å². The van der Waals surface area contributed by atoms with Crippen LogP contribution >= 0.6 is 0 Å². The summed E-state index contributed by atoms with van der Waals surface area (Å²) in [5.41, 5.74) is 0.673. The number of nitrogens with zero attached hydrogens (tertiary/aromatic N) is 1. The van der Waals surface area contributed by atoms with Gasteiger partial charge in [-0.1, -0.05) is 12.1 Å². The van der Waals surface area contributed by atoms with Gasteiger partial charge in [-0.2, -0.15) is 0 Å². The van der Waals surface area contributed by atoms with Crippen LogP contribution in [0.4, 0.5) is 5.69 Å². The van der Waals surface area contributed by atoms with E-state index in [1.807, 2.05) is 43.0 Å². The maximum Gasteiger partial charge on any atom is 0.228 e. The minimum Gasteiger partial charge on any atom is -0.489 e. The number of hydrogen-bond acceptors (Lipinski definition) is 3. The number of likely N-dealkylation sites (tertiary alicyclic amines) is 1. The molecule has 2 fully saturated rings. The number of nitrogens with one attached hydrogen (secondary N) is 1. The Labute approximate surface area is 143 Å². The van der Waals surface area contributed by atoms with E-state index in [1.54, 1.807) is 0 Å². The molecule has 1 saturated heterocycles. The molecule has 5 nitrogen and oxygen atoms in total. The molecule has 0 spiro atoms. The first-order valence-corrected chi connectivity index (χ1v) is 8.91. The number of carbonyl (C=O) groups excluding carboxylic acids is 2. The van der Waals surface area contributed by atoms with Gasteiger partial charge in [0.25, 0.3) is 0 Å². The average molecular weight is 330 g/mol. The van der Waals surface area contributed by atoms with Crippen molar-refractivity contribution in [2.75, 3.05) is 18.4 Å². The quantitative estimate of drug-likeness (QED) is 0.903. The van der Waals surface area contributed by atoms with Crippen LogP contribution in [0.2, 0.25) is 0 Å². The minimum atomic E-state index is -0.202. The number of piperidine rings is 1. The molecule has 5 heteroatoms. The van der Waals surface area contributed by atoms with Gasteiger partial charge >= 0.3 is 0 Å². The van der Waals surface area contributed by atoms with E-state index in [-0.39, 0.29) is 29.8 Å². The Kier molecular flexibility index (Phi) is 5.07. The molecule has 1 aliphatic carbocycles. The van der Waals surface area contributed by atoms with Crippen LogP contribution in [-0.4, -0.2) is 35.9 Å². The molecule has 24 heavy (non-hydrogen) atoms. The lowest BCUT2D eigenvalue weighted by Crippen LogP contribution is -2.37. The fourth-order valence-corrected chi connectivity index (χ4v) is 3.26. The van der Waals surface area contributed by atoms with Crippen molar-refractivity contribution in [3.63, 3.8) is 0 Å². The zero-order valence-electron chi connectivity index (χ0n) is 14.5. The summed E-state index contributed by atoms with van der Waals surface area (Å²) in [5.74, 6) is 0.403. The maximum absolute atomic E-state index is 12.5. The van der Waals surface area contributed by atoms with Crippen molar-refractivity contribution >= 4 is 17.5 Å². The Balaban J connectivity index is 1.58. The number of hydrogen-bond donors (Lipinski definition) is 1. The summed E-state index contributed by atoms with van der Waals surface area (Å²) in [6.07, 6.45) is 4.06. The molecule has 3 rings (SSSR count). The van der Waals surface area contributed by atoms with Crippen LogP contribution in [0.3, 0.4) is 0 Å². The van der Waals surface area contributed by atoms with Gasteiger partial charge in [0.2, 0.25) is 11.8 Å². The molecule has 1 heterocycles. The van der Waals surface area contributed by atoms with Crippen LogP contribution in [0, 0.1) is 11.8 Å². The van der Waals surface area contributed by atoms with E-state index in [4.69, 9.17) is 4.74 Å². The first kappa shape index (κ1) is 16.8. The van der Waals surface area contributed by atoms with E-state index in [9.17, 15) is 9.59 Å². The Bertz CT molecular complexity index is 608. The molecule has 1 saturated carbocycles. The average Bonchev–Trinajstić information content (AvgIpc) is 3.37. The summed E-state index contributed by atoms with van der Waals surface area (Å²) in [6.45, 7) is 5.59. The predicted octanol–water partition coefficient (Wildman–Crippen LogP) is 3.06. The van der Waals surface area contributed by atoms with Crippen molar-refractivity contribution in [2.45, 2.75) is 45.6 Å². The van der Waals surface area contributed by atoms with Crippen molar-refractivity contribution in [1.82, 2.24) is 4.90 Å². The molecule has 2 aliphatic rings. The Morgan fingerprint density at radius 1 is 1.12 bits per heavy atom. The molecule has 0 aromatic heterocycles. The van der Waals surface area contributed by atoms with Crippen molar-refractivity contribution in [3.8, 4) is 5.75 Å². The Morgan fingerprint density at radius 3 is 2.54 bits per heavy atom. The van der Waals surface area contributed by atoms with Crippen molar-refractivity contribution in [1.29, 1.82) is 0 Å². The smallest absolute Gasteiger partial charge is 0.228 e. The lowest BCUT2D eigenvalue weighted by atomic mass is 10.1. The van der Waals surface area contributed by atoms with Gasteiger partial charge in [0.05, 0.1) is 23.6 Å². The largest absolute Gasteiger partial charge is 0.489 e. The highest BCUT2D eigenvalue weighted by molar-refractivity contribution is 6.00. The molecule has 2 unspecified atom stereocenters. The molecule has 1 aliphatic heterocycles. The van der Waals surface area contributed by atoms with Gasteiger partial charge in [-0.15, -0.1) is 0 Å². The molecule has 130 valence electrons. The van der Waals surface area contributed by atoms with E-state index in [0.717, 1.165) is 25.9 Å². The summed E-state index contributed by atoms with van der Waals surface area (Å²) >= 11 is 0. The van der Waals surface area contributed by atoms with Crippen LogP contribution < -0.4 is 10.1 Å². The Hall–Kier alpha value is -2.04. The van der Waals surface area contributed by atoms with Crippen LogP contribution in [-0.2, 0) is 9.59 Å². The number of para-hydroxylation sites is 2. The van der Waals surface area contributed by atoms with E-state index in [0.29, 0.717) is 17.9 Å². The van der Waals surface area contributed by atoms with E-state index in [1.165, 1.54) is 6.42 Å². The number of carbonyl (C=O) groups is 2. The van der Waals surface area contributed by atoms with Crippen molar-refractivity contribution in [2.24, 2.45) is 11.8 Å². The second kappa shape index (κ2) is 7.24. The zero-order valence-corrected chi connectivity index (χ0v) is 14.5. The van der Waals surface area contributed by atoms with Crippen LogP contribution in [0.15, 0.2) is 24.3 Å². The topological polar surface area (TPSA) is 58.6 Å². The highest BCUT2D eigenvalue weighted by Gasteiger charge is 2.49. The van der Waals surface area contributed by atoms with Gasteiger partial charge in [0, 0.05) is 13.1 Å². The van der Waals surface area contributed by atoms with Gasteiger partial charge in [-0.25, -0.2) is 0 Å². The zero-order chi connectivity index (χ0) is 17.1. The molecular weight excluding hydrogens is 304 g/mol. The molecule has 2 amide bonds. The Morgan fingerprint density at radius 2 is 1.83 bits per heavy atom. The summed E-state index contributed by atoms with van der Waals surface area (Å²) in [5, 5.41) is 2.93. The number of rotatable bonds is 5. The summed E-state index contributed by atoms with van der Waals surface area (Å²) < 4.78 is 5.73. The lowest BCUT2D eigenvalue weighted by Gasteiger charge is -2.26. The third-order valence-electron chi connectivity index (χ3n) is 4.62. The molecule has 0 bridgehead atoms. The monoisotopic (exact) mass is 330 g/mol. The van der Waals surface area contributed by atoms with Crippen molar-refractivity contribution in [3.05, 3.63) is 24.3 Å². The highest BCUT2D eigenvalue weighted by atomic mass is 16.5. The summed E-state index contributed by atoms with van der Waals surface area (Å²) in [4.78, 5) is 26.9. The van der Waals surface area contributed by atoms with E-state index < -0.39 is 0 Å². The van der Waals surface area contributed by atoms with E-state index in [2.05, 4.69) is 5.32 Å². The van der Waals surface area contributed by atoms with Crippen LogP contribution in [0.5, 0.6) is 5.75 Å². The van der Waals surface area contributed by atoms with Crippen LogP contribution in [0.1, 0.15) is 39.5 Å². The highest BCUT2D eigenvalue weighted by Crippen LogP contribution is 2.41. The third-order valence-corrected chi connectivity index (χ3v) is 4.62. The number of benzene rings is 1. The van der Waals surface area contributed by atoms with Gasteiger partial charge in [-0.3, -0.25) is 9.59 Å². The third kappa shape index (κ3) is 3.89. The van der Waals surface area contributed by atoms with Crippen molar-refractivity contribution < 1.29 is 14.3 Å². The predicted molar refractivity (Wildman–Crippen MR) is 92.9 cm³/mol. The fourth-order valence-electron chi connectivity index (χ4n) is 3.26. The van der Waals surface area contributed by atoms with Gasteiger partial charge in [0.1, 0.15) is 5.75 Å². The van der Waals surface area contributed by atoms with Crippen LogP contribution in [0.25, 0.3) is 0 Å². The summed E-state index contributed by atoms with van der Waals surface area (Å²) in [6, 6.07) is 7.43. The second-order valence-corrected chi connectivity index (χ2v) is 6.99. The van der Waals surface area contributed by atoms with Gasteiger partial charge in [-0.05, 0) is 51.7 Å². The van der Waals surface area contributed by atoms with E-state index >= 15 is 0 Å². The SMILES string of the molecule is CC(C)Oc1ccccc1NC(=O)C1CC1C(=O)N1CCCCC1. The lowest BCUT2D eigenvalue weighted by molar-refractivity contribution is -0.134. The number of ether oxygens (including phenoxy) is 1. The summed E-state index contributed by atoms with van der Waals surface area (Å²) in [7, 11) is 0. The normalized spacial score (nSPS) is 23.0. The minimum absolute atomic E-state index is 0.0393. The number of anilines is 1. The fraction of sp³-hybridized carbons (Fsp3) is 0.579. The number of amides is 2. The molecule has 1 N–H and O–H groups in total. The molecule has 0 radical (unpaired) electrons.